The zero-order valence-corrected chi connectivity index (χ0v) is 14.4. The lowest BCUT2D eigenvalue weighted by molar-refractivity contribution is -0.125. The summed E-state index contributed by atoms with van der Waals surface area (Å²) in [5.74, 6) is 4.06. The number of hydrogen-bond donors (Lipinski definition) is 0. The number of rotatable bonds is 1. The van der Waals surface area contributed by atoms with E-state index in [-0.39, 0.29) is 0 Å². The molecule has 7 atom stereocenters. The maximum absolute atomic E-state index is 5.90. The summed E-state index contributed by atoms with van der Waals surface area (Å²) in [7, 11) is 1.95. The van der Waals surface area contributed by atoms with Crippen LogP contribution in [0.4, 0.5) is 0 Å². The molecule has 21 heavy (non-hydrogen) atoms. The van der Waals surface area contributed by atoms with Crippen LogP contribution in [0.5, 0.6) is 0 Å². The van der Waals surface area contributed by atoms with Gasteiger partial charge in [-0.1, -0.05) is 26.7 Å². The lowest BCUT2D eigenvalue weighted by Gasteiger charge is -2.60. The molecule has 0 heterocycles. The second-order valence-electron chi connectivity index (χ2n) is 9.25. The van der Waals surface area contributed by atoms with E-state index in [4.69, 9.17) is 4.74 Å². The summed E-state index contributed by atoms with van der Waals surface area (Å²) in [4.78, 5) is 0. The van der Waals surface area contributed by atoms with E-state index in [0.717, 1.165) is 23.7 Å². The zero-order valence-electron chi connectivity index (χ0n) is 14.4. The van der Waals surface area contributed by atoms with Gasteiger partial charge in [-0.15, -0.1) is 0 Å². The van der Waals surface area contributed by atoms with Crippen LogP contribution in [0.2, 0.25) is 0 Å². The van der Waals surface area contributed by atoms with Gasteiger partial charge >= 0.3 is 0 Å². The van der Waals surface area contributed by atoms with E-state index < -0.39 is 0 Å². The molecule has 0 N–H and O–H groups in total. The first-order chi connectivity index (χ1) is 10.1. The van der Waals surface area contributed by atoms with Crippen molar-refractivity contribution < 1.29 is 4.74 Å². The summed E-state index contributed by atoms with van der Waals surface area (Å²) in [5, 5.41) is 0. The average Bonchev–Trinajstić information content (AvgIpc) is 2.83. The van der Waals surface area contributed by atoms with E-state index in [0.29, 0.717) is 16.9 Å². The SMILES string of the molecule is CO[C@H]1CC[C@H]2[C@@H]3CC[C@H]4CCCC[C@]4(C)[C@H]3CC[C@]12C. The van der Waals surface area contributed by atoms with Crippen LogP contribution >= 0.6 is 0 Å². The van der Waals surface area contributed by atoms with E-state index in [1.165, 1.54) is 64.2 Å². The van der Waals surface area contributed by atoms with Gasteiger partial charge in [-0.25, -0.2) is 0 Å². The molecule has 1 heteroatoms. The van der Waals surface area contributed by atoms with Gasteiger partial charge in [0, 0.05) is 7.11 Å². The number of fused-ring (bicyclic) bond motifs is 5. The normalized spacial score (nSPS) is 56.4. The Morgan fingerprint density at radius 3 is 2.38 bits per heavy atom. The molecular formula is C20H34O. The second-order valence-corrected chi connectivity index (χ2v) is 9.25. The first-order valence-corrected chi connectivity index (χ1v) is 9.62. The van der Waals surface area contributed by atoms with E-state index in [1.807, 2.05) is 7.11 Å². The Balaban J connectivity index is 1.62. The molecular weight excluding hydrogens is 256 g/mol. The predicted octanol–water partition coefficient (Wildman–Crippen LogP) is 5.43. The average molecular weight is 290 g/mol. The number of ether oxygens (including phenoxy) is 1. The fraction of sp³-hybridized carbons (Fsp3) is 1.00. The van der Waals surface area contributed by atoms with Gasteiger partial charge in [0.05, 0.1) is 6.10 Å². The Bertz CT molecular complexity index is 405. The Hall–Kier alpha value is -0.0400. The van der Waals surface area contributed by atoms with Gasteiger partial charge in [-0.3, -0.25) is 0 Å². The highest BCUT2D eigenvalue weighted by atomic mass is 16.5. The van der Waals surface area contributed by atoms with Crippen LogP contribution < -0.4 is 0 Å². The van der Waals surface area contributed by atoms with Gasteiger partial charge in [0.25, 0.3) is 0 Å². The quantitative estimate of drug-likeness (QED) is 0.625. The molecule has 120 valence electrons. The van der Waals surface area contributed by atoms with E-state index in [2.05, 4.69) is 13.8 Å². The summed E-state index contributed by atoms with van der Waals surface area (Å²) < 4.78 is 5.90. The molecule has 0 saturated heterocycles. The molecule has 4 saturated carbocycles. The molecule has 1 nitrogen and oxygen atoms in total. The van der Waals surface area contributed by atoms with Gasteiger partial charge < -0.3 is 4.74 Å². The molecule has 4 aliphatic rings. The number of methoxy groups -OCH3 is 1. The smallest absolute Gasteiger partial charge is 0.0627 e. The van der Waals surface area contributed by atoms with Crippen LogP contribution in [0.25, 0.3) is 0 Å². The molecule has 0 aromatic carbocycles. The van der Waals surface area contributed by atoms with Crippen LogP contribution in [0.3, 0.4) is 0 Å². The van der Waals surface area contributed by atoms with Crippen LogP contribution in [0.1, 0.15) is 78.1 Å². The third kappa shape index (κ3) is 1.92. The Kier molecular flexibility index (Phi) is 3.45. The van der Waals surface area contributed by atoms with Gasteiger partial charge in [0.1, 0.15) is 0 Å². The molecule has 0 amide bonds. The molecule has 0 aliphatic heterocycles. The molecule has 0 spiro atoms. The van der Waals surface area contributed by atoms with Gasteiger partial charge in [0.2, 0.25) is 0 Å². The molecule has 0 aromatic heterocycles. The van der Waals surface area contributed by atoms with Gasteiger partial charge in [-0.05, 0) is 85.9 Å². The van der Waals surface area contributed by atoms with Crippen LogP contribution in [0, 0.1) is 34.5 Å². The Morgan fingerprint density at radius 2 is 1.57 bits per heavy atom. The van der Waals surface area contributed by atoms with E-state index in [1.54, 1.807) is 0 Å². The lowest BCUT2D eigenvalue weighted by atomic mass is 9.45. The molecule has 4 aliphatic carbocycles. The Labute approximate surface area is 131 Å². The standard InChI is InChI=1S/C20H34O/c1-19-12-5-4-6-14(19)7-8-15-16-9-10-18(21-3)20(16,2)13-11-17(15)19/h14-18H,4-13H2,1-3H3/t14-,15+,16+,17+,18+,19+,20+/m1/s1. The monoisotopic (exact) mass is 290 g/mol. The van der Waals surface area contributed by atoms with Crippen molar-refractivity contribution in [1.82, 2.24) is 0 Å². The first kappa shape index (κ1) is 14.5. The van der Waals surface area contributed by atoms with Crippen molar-refractivity contribution in [2.75, 3.05) is 7.11 Å². The molecule has 0 aromatic rings. The number of hydrogen-bond acceptors (Lipinski definition) is 1. The maximum Gasteiger partial charge on any atom is 0.0627 e. The first-order valence-electron chi connectivity index (χ1n) is 9.62. The van der Waals surface area contributed by atoms with Gasteiger partial charge in [0.15, 0.2) is 0 Å². The maximum atomic E-state index is 5.90. The fourth-order valence-corrected chi connectivity index (χ4v) is 7.63. The fourth-order valence-electron chi connectivity index (χ4n) is 7.63. The topological polar surface area (TPSA) is 9.23 Å². The highest BCUT2D eigenvalue weighted by Crippen LogP contribution is 2.66. The summed E-state index contributed by atoms with van der Waals surface area (Å²) in [5.41, 5.74) is 1.18. The van der Waals surface area contributed by atoms with Crippen LogP contribution in [-0.4, -0.2) is 13.2 Å². The van der Waals surface area contributed by atoms with Gasteiger partial charge in [-0.2, -0.15) is 0 Å². The minimum Gasteiger partial charge on any atom is -0.381 e. The molecule has 0 bridgehead atoms. The minimum absolute atomic E-state index is 0.494. The third-order valence-corrected chi connectivity index (χ3v) is 8.78. The summed E-state index contributed by atoms with van der Waals surface area (Å²) >= 11 is 0. The van der Waals surface area contributed by atoms with Crippen molar-refractivity contribution in [3.05, 3.63) is 0 Å². The summed E-state index contributed by atoms with van der Waals surface area (Å²) in [6.45, 7) is 5.24. The largest absolute Gasteiger partial charge is 0.381 e. The van der Waals surface area contributed by atoms with E-state index >= 15 is 0 Å². The van der Waals surface area contributed by atoms with Crippen molar-refractivity contribution in [1.29, 1.82) is 0 Å². The van der Waals surface area contributed by atoms with Crippen LogP contribution in [-0.2, 0) is 4.74 Å². The van der Waals surface area contributed by atoms with Crippen molar-refractivity contribution >= 4 is 0 Å². The summed E-state index contributed by atoms with van der Waals surface area (Å²) in [6, 6.07) is 0. The predicted molar refractivity (Wildman–Crippen MR) is 87.1 cm³/mol. The molecule has 0 radical (unpaired) electrons. The lowest BCUT2D eigenvalue weighted by Crippen LogP contribution is -2.53. The highest BCUT2D eigenvalue weighted by molar-refractivity contribution is 5.09. The van der Waals surface area contributed by atoms with Crippen molar-refractivity contribution in [2.24, 2.45) is 34.5 Å². The second kappa shape index (κ2) is 4.98. The van der Waals surface area contributed by atoms with Crippen LogP contribution in [0.15, 0.2) is 0 Å². The van der Waals surface area contributed by atoms with Crippen molar-refractivity contribution in [3.8, 4) is 0 Å². The Morgan fingerprint density at radius 1 is 0.762 bits per heavy atom. The summed E-state index contributed by atoms with van der Waals surface area (Å²) in [6.07, 6.45) is 15.3. The van der Waals surface area contributed by atoms with E-state index in [9.17, 15) is 0 Å². The zero-order chi connectivity index (χ0) is 14.7. The molecule has 4 fully saturated rings. The minimum atomic E-state index is 0.494. The van der Waals surface area contributed by atoms with Crippen molar-refractivity contribution in [3.63, 3.8) is 0 Å². The molecule has 4 rings (SSSR count). The third-order valence-electron chi connectivity index (χ3n) is 8.78. The van der Waals surface area contributed by atoms with Crippen molar-refractivity contribution in [2.45, 2.75) is 84.2 Å². The molecule has 0 unspecified atom stereocenters. The highest BCUT2D eigenvalue weighted by Gasteiger charge is 2.59.